The number of hydrogen-bond acceptors (Lipinski definition) is 5. The summed E-state index contributed by atoms with van der Waals surface area (Å²) in [6.45, 7) is 3.88. The van der Waals surface area contributed by atoms with E-state index in [0.717, 1.165) is 0 Å². The molecule has 0 bridgehead atoms. The maximum Gasteiger partial charge on any atom is 0.190 e. The van der Waals surface area contributed by atoms with Gasteiger partial charge in [0.15, 0.2) is 17.8 Å². The van der Waals surface area contributed by atoms with Gasteiger partial charge in [0, 0.05) is 24.6 Å². The number of methoxy groups -OCH3 is 1. The van der Waals surface area contributed by atoms with E-state index in [1.54, 1.807) is 6.07 Å². The van der Waals surface area contributed by atoms with Crippen molar-refractivity contribution >= 4 is 12.1 Å². The average Bonchev–Trinajstić information content (AvgIpc) is 2.38. The molecular formula is C13H17NO4. The van der Waals surface area contributed by atoms with E-state index in [0.29, 0.717) is 18.5 Å². The van der Waals surface area contributed by atoms with Gasteiger partial charge in [-0.05, 0) is 0 Å². The van der Waals surface area contributed by atoms with Crippen molar-refractivity contribution in [2.75, 3.05) is 13.7 Å². The summed E-state index contributed by atoms with van der Waals surface area (Å²) in [6.07, 6.45) is 2.37. The van der Waals surface area contributed by atoms with E-state index < -0.39 is 0 Å². The van der Waals surface area contributed by atoms with Gasteiger partial charge in [-0.2, -0.15) is 0 Å². The first-order valence-electron chi connectivity index (χ1n) is 5.73. The van der Waals surface area contributed by atoms with Gasteiger partial charge in [-0.3, -0.25) is 9.59 Å². The molecule has 5 heteroatoms. The Morgan fingerprint density at radius 3 is 2.78 bits per heavy atom. The number of Topliss-reactive ketones (excluding diaryl/α,β-unsaturated/α-hetero) is 1. The number of aromatic nitrogens is 1. The van der Waals surface area contributed by atoms with E-state index in [9.17, 15) is 9.59 Å². The van der Waals surface area contributed by atoms with Crippen molar-refractivity contribution in [1.82, 2.24) is 4.98 Å². The second-order valence-corrected chi connectivity index (χ2v) is 4.06. The predicted molar refractivity (Wildman–Crippen MR) is 66.1 cm³/mol. The van der Waals surface area contributed by atoms with Crippen LogP contribution in [0, 0.1) is 5.92 Å². The zero-order chi connectivity index (χ0) is 13.5. The maximum atomic E-state index is 11.4. The van der Waals surface area contributed by atoms with Crippen LogP contribution >= 0.6 is 0 Å². The van der Waals surface area contributed by atoms with Gasteiger partial charge in [0.2, 0.25) is 0 Å². The number of nitrogens with zero attached hydrogens (tertiary/aromatic N) is 1. The minimum atomic E-state index is -0.0186. The van der Waals surface area contributed by atoms with E-state index in [1.165, 1.54) is 13.3 Å². The topological polar surface area (TPSA) is 65.5 Å². The van der Waals surface area contributed by atoms with Gasteiger partial charge in [-0.25, -0.2) is 4.98 Å². The van der Waals surface area contributed by atoms with Crippen molar-refractivity contribution in [3.63, 3.8) is 0 Å². The summed E-state index contributed by atoms with van der Waals surface area (Å²) >= 11 is 0. The summed E-state index contributed by atoms with van der Waals surface area (Å²) in [5.41, 5.74) is 0.173. The largest absolute Gasteiger partial charge is 0.493 e. The average molecular weight is 251 g/mol. The van der Waals surface area contributed by atoms with Gasteiger partial charge >= 0.3 is 0 Å². The van der Waals surface area contributed by atoms with Crippen LogP contribution < -0.4 is 9.47 Å². The summed E-state index contributed by atoms with van der Waals surface area (Å²) < 4.78 is 10.5. The molecule has 5 nitrogen and oxygen atoms in total. The first-order chi connectivity index (χ1) is 8.60. The molecule has 0 radical (unpaired) electrons. The molecule has 1 aromatic rings. The highest BCUT2D eigenvalue weighted by Gasteiger charge is 2.13. The van der Waals surface area contributed by atoms with Crippen LogP contribution in [0.1, 0.15) is 30.8 Å². The van der Waals surface area contributed by atoms with Crippen molar-refractivity contribution in [3.8, 4) is 11.5 Å². The number of rotatable bonds is 7. The Bertz CT molecular complexity index is 429. The fourth-order valence-corrected chi connectivity index (χ4v) is 1.38. The highest BCUT2D eigenvalue weighted by Crippen LogP contribution is 2.28. The Hall–Kier alpha value is -1.91. The number of aldehydes is 1. The predicted octanol–water partition coefficient (Wildman–Crippen LogP) is 1.90. The third-order valence-electron chi connectivity index (χ3n) is 2.47. The molecule has 0 saturated carbocycles. The molecule has 18 heavy (non-hydrogen) atoms. The van der Waals surface area contributed by atoms with Crippen molar-refractivity contribution in [2.24, 2.45) is 5.92 Å². The summed E-state index contributed by atoms with van der Waals surface area (Å²) in [6, 6.07) is 1.60. The molecule has 0 saturated heterocycles. The number of carbonyl (C=O) groups excluding carboxylic acids is 2. The first-order valence-corrected chi connectivity index (χ1v) is 5.73. The van der Waals surface area contributed by atoms with Crippen LogP contribution in [-0.4, -0.2) is 30.8 Å². The number of pyridine rings is 1. The first kappa shape index (κ1) is 14.2. The SMILES string of the molecule is COc1ccnc(C=O)c1OCCC(=O)C(C)C. The van der Waals surface area contributed by atoms with Crippen molar-refractivity contribution in [3.05, 3.63) is 18.0 Å². The minimum Gasteiger partial charge on any atom is -0.493 e. The van der Waals surface area contributed by atoms with Crippen LogP contribution in [0.5, 0.6) is 11.5 Å². The molecule has 0 aliphatic carbocycles. The Morgan fingerprint density at radius 1 is 1.50 bits per heavy atom. The van der Waals surface area contributed by atoms with Crippen molar-refractivity contribution in [2.45, 2.75) is 20.3 Å². The minimum absolute atomic E-state index is 0.0186. The third-order valence-corrected chi connectivity index (χ3v) is 2.47. The quantitative estimate of drug-likeness (QED) is 0.692. The van der Waals surface area contributed by atoms with E-state index >= 15 is 0 Å². The van der Waals surface area contributed by atoms with Crippen LogP contribution in [0.15, 0.2) is 12.3 Å². The van der Waals surface area contributed by atoms with Gasteiger partial charge in [-0.15, -0.1) is 0 Å². The molecule has 1 rings (SSSR count). The molecule has 0 unspecified atom stereocenters. The van der Waals surface area contributed by atoms with Gasteiger partial charge < -0.3 is 9.47 Å². The van der Waals surface area contributed by atoms with Crippen molar-refractivity contribution in [1.29, 1.82) is 0 Å². The number of ketones is 1. The van der Waals surface area contributed by atoms with Gasteiger partial charge in [0.05, 0.1) is 13.7 Å². The summed E-state index contributed by atoms with van der Waals surface area (Å²) in [7, 11) is 1.48. The lowest BCUT2D eigenvalue weighted by molar-refractivity contribution is -0.122. The molecule has 0 fully saturated rings. The lowest BCUT2D eigenvalue weighted by Crippen LogP contribution is -2.12. The fourth-order valence-electron chi connectivity index (χ4n) is 1.38. The molecule has 0 N–H and O–H groups in total. The Balaban J connectivity index is 2.71. The maximum absolute atomic E-state index is 11.4. The highest BCUT2D eigenvalue weighted by atomic mass is 16.5. The molecule has 0 spiro atoms. The number of hydrogen-bond donors (Lipinski definition) is 0. The molecule has 1 heterocycles. The Labute approximate surface area is 106 Å². The van der Waals surface area contributed by atoms with Crippen molar-refractivity contribution < 1.29 is 19.1 Å². The molecule has 0 aromatic carbocycles. The monoisotopic (exact) mass is 251 g/mol. The second kappa shape index (κ2) is 6.74. The van der Waals surface area contributed by atoms with E-state index in [2.05, 4.69) is 4.98 Å². The second-order valence-electron chi connectivity index (χ2n) is 4.06. The molecule has 1 aromatic heterocycles. The Morgan fingerprint density at radius 2 is 2.22 bits per heavy atom. The molecular weight excluding hydrogens is 234 g/mol. The van der Waals surface area contributed by atoms with Gasteiger partial charge in [-0.1, -0.05) is 13.8 Å². The zero-order valence-corrected chi connectivity index (χ0v) is 10.8. The summed E-state index contributed by atoms with van der Waals surface area (Å²) in [4.78, 5) is 26.2. The fraction of sp³-hybridized carbons (Fsp3) is 0.462. The van der Waals surface area contributed by atoms with Gasteiger partial charge in [0.1, 0.15) is 11.5 Å². The molecule has 0 aliphatic rings. The van der Waals surface area contributed by atoms with Crippen LogP contribution in [0.4, 0.5) is 0 Å². The van der Waals surface area contributed by atoms with Crippen LogP contribution in [0.25, 0.3) is 0 Å². The van der Waals surface area contributed by atoms with Crippen LogP contribution in [0.3, 0.4) is 0 Å². The normalized spacial score (nSPS) is 10.2. The summed E-state index contributed by atoms with van der Waals surface area (Å²) in [5, 5.41) is 0. The van der Waals surface area contributed by atoms with E-state index in [1.807, 2.05) is 13.8 Å². The smallest absolute Gasteiger partial charge is 0.190 e. The lowest BCUT2D eigenvalue weighted by atomic mass is 10.1. The summed E-state index contributed by atoms with van der Waals surface area (Å²) in [5.74, 6) is 0.816. The molecule has 98 valence electrons. The van der Waals surface area contributed by atoms with Crippen LogP contribution in [0.2, 0.25) is 0 Å². The number of carbonyl (C=O) groups is 2. The highest BCUT2D eigenvalue weighted by molar-refractivity contribution is 5.80. The van der Waals surface area contributed by atoms with Gasteiger partial charge in [0.25, 0.3) is 0 Å². The number of ether oxygens (including phenoxy) is 2. The van der Waals surface area contributed by atoms with E-state index in [4.69, 9.17) is 9.47 Å². The third kappa shape index (κ3) is 3.55. The molecule has 0 atom stereocenters. The zero-order valence-electron chi connectivity index (χ0n) is 10.8. The van der Waals surface area contributed by atoms with E-state index in [-0.39, 0.29) is 29.8 Å². The molecule has 0 aliphatic heterocycles. The molecule has 0 amide bonds. The lowest BCUT2D eigenvalue weighted by Gasteiger charge is -2.11. The Kier molecular flexibility index (Phi) is 5.30. The van der Waals surface area contributed by atoms with Crippen LogP contribution in [-0.2, 0) is 4.79 Å². The standard InChI is InChI=1S/C13H17NO4/c1-9(2)11(16)5-7-18-13-10(8-15)14-6-4-12(13)17-3/h4,6,8-9H,5,7H2,1-3H3.